The van der Waals surface area contributed by atoms with Gasteiger partial charge >= 0.3 is 0 Å². The zero-order valence-corrected chi connectivity index (χ0v) is 13.3. The van der Waals surface area contributed by atoms with Crippen molar-refractivity contribution in [1.29, 1.82) is 0 Å². The molecule has 6 heteroatoms. The van der Waals surface area contributed by atoms with E-state index in [1.807, 2.05) is 13.0 Å². The molecule has 21 heavy (non-hydrogen) atoms. The molecular weight excluding hydrogens is 327 g/mol. The van der Waals surface area contributed by atoms with Gasteiger partial charge in [-0.2, -0.15) is 0 Å². The maximum absolute atomic E-state index is 12.2. The molecule has 3 aromatic rings. The number of nitrogens with zero attached hydrogens (tertiary/aromatic N) is 1. The second-order valence-corrected chi connectivity index (χ2v) is 6.37. The van der Waals surface area contributed by atoms with Gasteiger partial charge < -0.3 is 0 Å². The number of aryl methyl sites for hydroxylation is 1. The maximum atomic E-state index is 12.2. The standard InChI is InChI=1S/C15H10Cl2N2OS/c1-8-6-13-12(7-11(8)17)18-15(21-13)19-14(20)9-4-2-3-5-10(9)16/h2-7H,1H3,(H,18,19,20). The molecule has 1 aromatic heterocycles. The zero-order chi connectivity index (χ0) is 15.0. The van der Waals surface area contributed by atoms with E-state index in [9.17, 15) is 4.79 Å². The fourth-order valence-electron chi connectivity index (χ4n) is 1.91. The van der Waals surface area contributed by atoms with Crippen molar-refractivity contribution in [3.8, 4) is 0 Å². The molecule has 0 radical (unpaired) electrons. The van der Waals surface area contributed by atoms with Crippen LogP contribution in [-0.2, 0) is 0 Å². The fraction of sp³-hybridized carbons (Fsp3) is 0.0667. The monoisotopic (exact) mass is 336 g/mol. The van der Waals surface area contributed by atoms with Crippen LogP contribution in [0.5, 0.6) is 0 Å². The van der Waals surface area contributed by atoms with Gasteiger partial charge in [0.25, 0.3) is 5.91 Å². The molecule has 0 bridgehead atoms. The van der Waals surface area contributed by atoms with Crippen molar-refractivity contribution in [2.75, 3.05) is 5.32 Å². The molecule has 0 aliphatic rings. The number of nitrogens with one attached hydrogen (secondary N) is 1. The highest BCUT2D eigenvalue weighted by atomic mass is 35.5. The molecule has 2 aromatic carbocycles. The molecule has 0 fully saturated rings. The van der Waals surface area contributed by atoms with Gasteiger partial charge in [-0.1, -0.05) is 46.7 Å². The summed E-state index contributed by atoms with van der Waals surface area (Å²) in [7, 11) is 0. The van der Waals surface area contributed by atoms with E-state index in [1.54, 1.807) is 30.3 Å². The molecule has 0 aliphatic heterocycles. The highest BCUT2D eigenvalue weighted by Crippen LogP contribution is 2.30. The zero-order valence-electron chi connectivity index (χ0n) is 11.0. The number of thiazole rings is 1. The lowest BCUT2D eigenvalue weighted by atomic mass is 10.2. The summed E-state index contributed by atoms with van der Waals surface area (Å²) in [5.74, 6) is -0.275. The normalized spacial score (nSPS) is 10.8. The lowest BCUT2D eigenvalue weighted by molar-refractivity contribution is 0.102. The first kappa shape index (κ1) is 14.3. The van der Waals surface area contributed by atoms with Crippen molar-refractivity contribution in [3.63, 3.8) is 0 Å². The van der Waals surface area contributed by atoms with Crippen molar-refractivity contribution in [1.82, 2.24) is 4.98 Å². The third kappa shape index (κ3) is 2.88. The summed E-state index contributed by atoms with van der Waals surface area (Å²) in [6, 6.07) is 10.7. The van der Waals surface area contributed by atoms with Crippen LogP contribution < -0.4 is 5.32 Å². The van der Waals surface area contributed by atoms with E-state index < -0.39 is 0 Å². The van der Waals surface area contributed by atoms with E-state index in [0.29, 0.717) is 20.7 Å². The average Bonchev–Trinajstić information content (AvgIpc) is 2.81. The minimum absolute atomic E-state index is 0.275. The number of hydrogen-bond donors (Lipinski definition) is 1. The number of carbonyl (C=O) groups is 1. The summed E-state index contributed by atoms with van der Waals surface area (Å²) in [6.45, 7) is 1.93. The molecule has 0 unspecified atom stereocenters. The predicted octanol–water partition coefficient (Wildman–Crippen LogP) is 5.16. The topological polar surface area (TPSA) is 42.0 Å². The van der Waals surface area contributed by atoms with Crippen molar-refractivity contribution >= 4 is 55.8 Å². The second kappa shape index (κ2) is 5.64. The summed E-state index contributed by atoms with van der Waals surface area (Å²) < 4.78 is 0.978. The molecule has 1 heterocycles. The van der Waals surface area contributed by atoms with Crippen LogP contribution in [0.4, 0.5) is 5.13 Å². The van der Waals surface area contributed by atoms with E-state index in [0.717, 1.165) is 15.8 Å². The Balaban J connectivity index is 1.92. The lowest BCUT2D eigenvalue weighted by Gasteiger charge is -2.02. The van der Waals surface area contributed by atoms with Crippen LogP contribution >= 0.6 is 34.5 Å². The van der Waals surface area contributed by atoms with Gasteiger partial charge in [-0.05, 0) is 36.8 Å². The highest BCUT2D eigenvalue weighted by molar-refractivity contribution is 7.22. The minimum Gasteiger partial charge on any atom is -0.298 e. The summed E-state index contributed by atoms with van der Waals surface area (Å²) in [4.78, 5) is 16.6. The van der Waals surface area contributed by atoms with E-state index in [2.05, 4.69) is 10.3 Å². The first-order valence-corrected chi connectivity index (χ1v) is 7.74. The third-order valence-electron chi connectivity index (χ3n) is 3.01. The number of halogens is 2. The van der Waals surface area contributed by atoms with E-state index in [1.165, 1.54) is 11.3 Å². The quantitative estimate of drug-likeness (QED) is 0.701. The van der Waals surface area contributed by atoms with E-state index in [-0.39, 0.29) is 5.91 Å². The van der Waals surface area contributed by atoms with Gasteiger partial charge in [0.15, 0.2) is 5.13 Å². The molecule has 1 amide bonds. The molecule has 3 nitrogen and oxygen atoms in total. The Hall–Kier alpha value is -1.62. The first-order valence-electron chi connectivity index (χ1n) is 6.17. The van der Waals surface area contributed by atoms with Crippen LogP contribution in [-0.4, -0.2) is 10.9 Å². The Morgan fingerprint density at radius 1 is 1.19 bits per heavy atom. The van der Waals surface area contributed by atoms with Gasteiger partial charge in [0.05, 0.1) is 20.8 Å². The van der Waals surface area contributed by atoms with Crippen molar-refractivity contribution < 1.29 is 4.79 Å². The number of amides is 1. The van der Waals surface area contributed by atoms with Crippen molar-refractivity contribution in [2.24, 2.45) is 0 Å². The smallest absolute Gasteiger partial charge is 0.258 e. The first-order chi connectivity index (χ1) is 10.0. The predicted molar refractivity (Wildman–Crippen MR) is 88.8 cm³/mol. The summed E-state index contributed by atoms with van der Waals surface area (Å²) in [5, 5.41) is 4.37. The van der Waals surface area contributed by atoms with Crippen LogP contribution in [0.2, 0.25) is 10.0 Å². The molecule has 0 saturated carbocycles. The third-order valence-corrected chi connectivity index (χ3v) is 4.68. The Morgan fingerprint density at radius 3 is 2.71 bits per heavy atom. The van der Waals surface area contributed by atoms with Gasteiger partial charge in [0.2, 0.25) is 0 Å². The van der Waals surface area contributed by atoms with Crippen LogP contribution in [0, 0.1) is 6.92 Å². The molecule has 3 rings (SSSR count). The number of anilines is 1. The number of fused-ring (bicyclic) bond motifs is 1. The maximum Gasteiger partial charge on any atom is 0.258 e. The summed E-state index contributed by atoms with van der Waals surface area (Å²) in [5.41, 5.74) is 2.18. The van der Waals surface area contributed by atoms with E-state index >= 15 is 0 Å². The Kier molecular flexibility index (Phi) is 3.85. The Labute approximate surface area is 135 Å². The van der Waals surface area contributed by atoms with Gasteiger partial charge in [-0.3, -0.25) is 10.1 Å². The summed E-state index contributed by atoms with van der Waals surface area (Å²) >= 11 is 13.5. The van der Waals surface area contributed by atoms with Crippen LogP contribution in [0.25, 0.3) is 10.2 Å². The Bertz CT molecular complexity index is 806. The van der Waals surface area contributed by atoms with Gasteiger partial charge in [-0.25, -0.2) is 4.98 Å². The number of carbonyl (C=O) groups excluding carboxylic acids is 1. The van der Waals surface area contributed by atoms with Crippen LogP contribution in [0.3, 0.4) is 0 Å². The van der Waals surface area contributed by atoms with Gasteiger partial charge in [0, 0.05) is 5.02 Å². The summed E-state index contributed by atoms with van der Waals surface area (Å²) in [6.07, 6.45) is 0. The van der Waals surface area contributed by atoms with Crippen LogP contribution in [0.15, 0.2) is 36.4 Å². The number of benzene rings is 2. The Morgan fingerprint density at radius 2 is 1.95 bits per heavy atom. The van der Waals surface area contributed by atoms with Crippen molar-refractivity contribution in [3.05, 3.63) is 57.6 Å². The minimum atomic E-state index is -0.275. The molecule has 0 aliphatic carbocycles. The number of aromatic nitrogens is 1. The van der Waals surface area contributed by atoms with E-state index in [4.69, 9.17) is 23.2 Å². The SMILES string of the molecule is Cc1cc2sc(NC(=O)c3ccccc3Cl)nc2cc1Cl. The lowest BCUT2D eigenvalue weighted by Crippen LogP contribution is -2.11. The number of hydrogen-bond acceptors (Lipinski definition) is 3. The van der Waals surface area contributed by atoms with Gasteiger partial charge in [0.1, 0.15) is 0 Å². The van der Waals surface area contributed by atoms with Crippen molar-refractivity contribution in [2.45, 2.75) is 6.92 Å². The van der Waals surface area contributed by atoms with Gasteiger partial charge in [-0.15, -0.1) is 0 Å². The number of rotatable bonds is 2. The highest BCUT2D eigenvalue weighted by Gasteiger charge is 2.13. The average molecular weight is 337 g/mol. The molecular formula is C15H10Cl2N2OS. The van der Waals surface area contributed by atoms with Crippen LogP contribution in [0.1, 0.15) is 15.9 Å². The molecule has 106 valence electrons. The largest absolute Gasteiger partial charge is 0.298 e. The molecule has 1 N–H and O–H groups in total. The fourth-order valence-corrected chi connectivity index (χ4v) is 3.23. The molecule has 0 saturated heterocycles. The molecule has 0 atom stereocenters. The second-order valence-electron chi connectivity index (χ2n) is 4.52. The molecule has 0 spiro atoms.